The minimum Gasteiger partial charge on any atom is -0.504 e. The summed E-state index contributed by atoms with van der Waals surface area (Å²) in [6.07, 6.45) is 4.98. The van der Waals surface area contributed by atoms with Gasteiger partial charge in [0.15, 0.2) is 11.5 Å². The van der Waals surface area contributed by atoms with Gasteiger partial charge in [0, 0.05) is 23.7 Å². The number of benzene rings is 2. The highest BCUT2D eigenvalue weighted by Crippen LogP contribution is 2.65. The average Bonchev–Trinajstić information content (AvgIpc) is 3.69. The number of aromatic hydroxyl groups is 1. The molecular weight excluding hydrogens is 552 g/mol. The molecule has 3 fully saturated rings. The van der Waals surface area contributed by atoms with Crippen molar-refractivity contribution in [2.75, 3.05) is 13.1 Å². The second kappa shape index (κ2) is 10.2. The maximum atomic E-state index is 13.4. The smallest absolute Gasteiger partial charge is 0.414 e. The Hall–Kier alpha value is -3.63. The van der Waals surface area contributed by atoms with E-state index in [-0.39, 0.29) is 29.2 Å². The normalized spacial score (nSPS) is 30.3. The number of phenolic OH excluding ortho intramolecular Hbond substituents is 1. The maximum Gasteiger partial charge on any atom is 0.414 e. The first-order chi connectivity index (χ1) is 20.3. The fourth-order valence-corrected chi connectivity index (χ4v) is 8.00. The Bertz CT molecular complexity index is 1450. The molecule has 2 aromatic carbocycles. The van der Waals surface area contributed by atoms with Crippen LogP contribution in [0.5, 0.6) is 11.5 Å². The lowest BCUT2D eigenvalue weighted by Gasteiger charge is -2.64. The summed E-state index contributed by atoms with van der Waals surface area (Å²) in [5.41, 5.74) is 2.46. The molecule has 2 heterocycles. The standard InChI is InChI=1S/C31H38N2O4.C2H2O4/c1-29(2,3)21-9-6-19(7-10-21)28(35)32-22-12-13-31(36)24-16-20-8-11-23(34)26-25(20)30(31,27(22)37-26)14-15-33(24)17-18-4-5-18;3-1(4)2(5)6/h6-11,18,22,24,27,34,36H,4-5,12-17H2,1-3H3,(H,32,35);(H,3,4)(H,5,6). The lowest BCUT2D eigenvalue weighted by Crippen LogP contribution is -2.78. The van der Waals surface area contributed by atoms with Gasteiger partial charge in [0.1, 0.15) is 6.10 Å². The van der Waals surface area contributed by atoms with Crippen molar-refractivity contribution in [3.05, 3.63) is 58.7 Å². The molecule has 2 aromatic rings. The van der Waals surface area contributed by atoms with Gasteiger partial charge in [0.2, 0.25) is 0 Å². The first-order valence-electron chi connectivity index (χ1n) is 15.1. The fourth-order valence-electron chi connectivity index (χ4n) is 8.00. The Morgan fingerprint density at radius 2 is 1.67 bits per heavy atom. The quantitative estimate of drug-likeness (QED) is 0.337. The third-order valence-electron chi connectivity index (χ3n) is 10.3. The van der Waals surface area contributed by atoms with E-state index in [1.807, 2.05) is 30.3 Å². The number of nitrogens with zero attached hydrogens (tertiary/aromatic N) is 1. The molecule has 5 unspecified atom stereocenters. The molecule has 5 aliphatic rings. The lowest BCUT2D eigenvalue weighted by atomic mass is 9.48. The number of amides is 1. The largest absolute Gasteiger partial charge is 0.504 e. The van der Waals surface area contributed by atoms with Gasteiger partial charge in [-0.3, -0.25) is 9.69 Å². The highest BCUT2D eigenvalue weighted by molar-refractivity contribution is 6.27. The number of carbonyl (C=O) groups excluding carboxylic acids is 1. The molecule has 230 valence electrons. The number of nitrogens with one attached hydrogen (secondary N) is 1. The average molecular weight is 593 g/mol. The van der Waals surface area contributed by atoms with Crippen molar-refractivity contribution in [2.24, 2.45) is 5.92 Å². The number of hydrogen-bond donors (Lipinski definition) is 5. The van der Waals surface area contributed by atoms with Crippen LogP contribution in [-0.2, 0) is 26.8 Å². The summed E-state index contributed by atoms with van der Waals surface area (Å²) in [6, 6.07) is 11.4. The number of hydrogen-bond acceptors (Lipinski definition) is 7. The highest BCUT2D eigenvalue weighted by Gasteiger charge is 2.73. The summed E-state index contributed by atoms with van der Waals surface area (Å²) in [7, 11) is 0. The zero-order valence-corrected chi connectivity index (χ0v) is 24.8. The molecule has 5 atom stereocenters. The number of aliphatic hydroxyl groups is 1. The Kier molecular flexibility index (Phi) is 7.01. The molecular formula is C33H40N2O8. The van der Waals surface area contributed by atoms with Crippen molar-refractivity contribution in [3.63, 3.8) is 0 Å². The molecule has 7 rings (SSSR count). The van der Waals surface area contributed by atoms with E-state index in [1.165, 1.54) is 24.0 Å². The molecule has 10 heteroatoms. The molecule has 2 saturated carbocycles. The molecule has 43 heavy (non-hydrogen) atoms. The van der Waals surface area contributed by atoms with Crippen LogP contribution in [0.2, 0.25) is 0 Å². The molecule has 1 saturated heterocycles. The Balaban J connectivity index is 0.000000501. The zero-order chi connectivity index (χ0) is 30.9. The van der Waals surface area contributed by atoms with Crippen molar-refractivity contribution >= 4 is 17.8 Å². The minimum atomic E-state index is -1.82. The van der Waals surface area contributed by atoms with Crippen LogP contribution in [0, 0.1) is 5.92 Å². The summed E-state index contributed by atoms with van der Waals surface area (Å²) in [5.74, 6) is -2.36. The van der Waals surface area contributed by atoms with Gasteiger partial charge in [-0.1, -0.05) is 39.0 Å². The van der Waals surface area contributed by atoms with E-state index in [2.05, 4.69) is 31.0 Å². The van der Waals surface area contributed by atoms with E-state index in [0.29, 0.717) is 24.2 Å². The third kappa shape index (κ3) is 4.75. The summed E-state index contributed by atoms with van der Waals surface area (Å²) >= 11 is 0. The van der Waals surface area contributed by atoms with Gasteiger partial charge in [-0.15, -0.1) is 0 Å². The molecule has 2 aliphatic heterocycles. The first kappa shape index (κ1) is 29.4. The number of phenols is 1. The van der Waals surface area contributed by atoms with Gasteiger partial charge in [0.25, 0.3) is 5.91 Å². The predicted octanol–water partition coefficient (Wildman–Crippen LogP) is 3.21. The molecule has 0 radical (unpaired) electrons. The van der Waals surface area contributed by atoms with Gasteiger partial charge >= 0.3 is 11.9 Å². The predicted molar refractivity (Wildman–Crippen MR) is 156 cm³/mol. The summed E-state index contributed by atoms with van der Waals surface area (Å²) in [6.45, 7) is 8.45. The number of rotatable bonds is 4. The Morgan fingerprint density at radius 3 is 2.28 bits per heavy atom. The Morgan fingerprint density at radius 1 is 1.00 bits per heavy atom. The van der Waals surface area contributed by atoms with E-state index in [4.69, 9.17) is 24.5 Å². The molecule has 1 amide bonds. The van der Waals surface area contributed by atoms with E-state index >= 15 is 0 Å². The number of carbonyl (C=O) groups is 3. The van der Waals surface area contributed by atoms with Crippen molar-refractivity contribution < 1.29 is 39.5 Å². The van der Waals surface area contributed by atoms with Gasteiger partial charge in [-0.25, -0.2) is 9.59 Å². The van der Waals surface area contributed by atoms with Gasteiger partial charge in [0.05, 0.1) is 17.1 Å². The molecule has 2 bridgehead atoms. The molecule has 3 aliphatic carbocycles. The first-order valence-corrected chi connectivity index (χ1v) is 15.1. The van der Waals surface area contributed by atoms with Gasteiger partial charge < -0.3 is 30.5 Å². The van der Waals surface area contributed by atoms with Crippen molar-refractivity contribution in [1.29, 1.82) is 0 Å². The number of piperidine rings is 1. The van der Waals surface area contributed by atoms with Crippen LogP contribution in [0.4, 0.5) is 0 Å². The van der Waals surface area contributed by atoms with Crippen molar-refractivity contribution in [3.8, 4) is 11.5 Å². The SMILES string of the molecule is CC(C)(C)c1ccc(C(=O)NC2CCC3(O)C4Cc5ccc(O)c6c5C3(CCN4CC3CC3)C2O6)cc1.O=C(O)C(=O)O. The monoisotopic (exact) mass is 592 g/mol. The number of carboxylic acids is 2. The van der Waals surface area contributed by atoms with Crippen LogP contribution in [-0.4, -0.2) is 80.1 Å². The number of aliphatic carboxylic acids is 2. The lowest BCUT2D eigenvalue weighted by molar-refractivity contribution is -0.191. The van der Waals surface area contributed by atoms with Gasteiger partial charge in [-0.2, -0.15) is 0 Å². The number of likely N-dealkylation sites (tertiary alicyclic amines) is 1. The van der Waals surface area contributed by atoms with Crippen LogP contribution in [0.25, 0.3) is 0 Å². The van der Waals surface area contributed by atoms with Crippen LogP contribution in [0.1, 0.15) is 79.9 Å². The second-order valence-corrected chi connectivity index (χ2v) is 13.8. The molecule has 0 aromatic heterocycles. The van der Waals surface area contributed by atoms with E-state index in [0.717, 1.165) is 37.4 Å². The zero-order valence-electron chi connectivity index (χ0n) is 24.8. The third-order valence-corrected chi connectivity index (χ3v) is 10.3. The van der Waals surface area contributed by atoms with Crippen molar-refractivity contribution in [1.82, 2.24) is 10.2 Å². The topological polar surface area (TPSA) is 157 Å². The number of ether oxygens (including phenoxy) is 1. The highest BCUT2D eigenvalue weighted by atomic mass is 16.5. The molecule has 1 spiro atoms. The summed E-state index contributed by atoms with van der Waals surface area (Å²) in [5, 5.41) is 41.4. The summed E-state index contributed by atoms with van der Waals surface area (Å²) in [4.78, 5) is 34.1. The number of carboxylic acid groups (broad SMARTS) is 2. The fraction of sp³-hybridized carbons (Fsp3) is 0.545. The molecule has 5 N–H and O–H groups in total. The molecule has 10 nitrogen and oxygen atoms in total. The summed E-state index contributed by atoms with van der Waals surface area (Å²) < 4.78 is 6.57. The van der Waals surface area contributed by atoms with Gasteiger partial charge in [-0.05, 0) is 85.7 Å². The van der Waals surface area contributed by atoms with Crippen LogP contribution < -0.4 is 10.1 Å². The van der Waals surface area contributed by atoms with E-state index < -0.39 is 29.1 Å². The van der Waals surface area contributed by atoms with E-state index in [1.54, 1.807) is 6.07 Å². The maximum absolute atomic E-state index is 13.4. The van der Waals surface area contributed by atoms with Crippen LogP contribution in [0.3, 0.4) is 0 Å². The minimum absolute atomic E-state index is 0.0249. The van der Waals surface area contributed by atoms with Crippen molar-refractivity contribution in [2.45, 2.75) is 93.9 Å². The Labute approximate surface area is 250 Å². The van der Waals surface area contributed by atoms with E-state index in [9.17, 15) is 15.0 Å². The second-order valence-electron chi connectivity index (χ2n) is 13.8. The van der Waals surface area contributed by atoms with Crippen LogP contribution >= 0.6 is 0 Å². The van der Waals surface area contributed by atoms with Crippen LogP contribution in [0.15, 0.2) is 36.4 Å².